The van der Waals surface area contributed by atoms with E-state index >= 15 is 0 Å². The third kappa shape index (κ3) is 5.19. The minimum absolute atomic E-state index is 0.0198. The van der Waals surface area contributed by atoms with Crippen LogP contribution in [-0.4, -0.2) is 48.8 Å². The number of benzene rings is 1. The molecular weight excluding hydrogens is 314 g/mol. The summed E-state index contributed by atoms with van der Waals surface area (Å²) in [6, 6.07) is 11.6. The maximum absolute atomic E-state index is 12.2. The highest BCUT2D eigenvalue weighted by Gasteiger charge is 2.26. The predicted octanol–water partition coefficient (Wildman–Crippen LogP) is 3.08. The SMILES string of the molecule is C[C@@H]1C[C@@H](NC(=O)NC2CCN([C@@H](C)c3ccccc3)CC2)CCO1. The first kappa shape index (κ1) is 18.2. The van der Waals surface area contributed by atoms with Crippen molar-refractivity contribution in [1.82, 2.24) is 15.5 Å². The van der Waals surface area contributed by atoms with Crippen LogP contribution in [0.15, 0.2) is 30.3 Å². The van der Waals surface area contributed by atoms with Gasteiger partial charge in [0.15, 0.2) is 0 Å². The summed E-state index contributed by atoms with van der Waals surface area (Å²) in [5, 5.41) is 6.28. The van der Waals surface area contributed by atoms with Gasteiger partial charge in [0, 0.05) is 37.8 Å². The number of amides is 2. The fourth-order valence-corrected chi connectivity index (χ4v) is 3.92. The predicted molar refractivity (Wildman–Crippen MR) is 99.6 cm³/mol. The van der Waals surface area contributed by atoms with Crippen molar-refractivity contribution in [3.63, 3.8) is 0 Å². The van der Waals surface area contributed by atoms with Crippen LogP contribution in [0.3, 0.4) is 0 Å². The molecule has 0 aromatic heterocycles. The molecule has 0 unspecified atom stereocenters. The minimum Gasteiger partial charge on any atom is -0.378 e. The first-order valence-electron chi connectivity index (χ1n) is 9.59. The second-order valence-corrected chi connectivity index (χ2v) is 7.42. The fourth-order valence-electron chi connectivity index (χ4n) is 3.92. The first-order chi connectivity index (χ1) is 12.1. The molecule has 5 heteroatoms. The van der Waals surface area contributed by atoms with Crippen molar-refractivity contribution in [3.8, 4) is 0 Å². The Morgan fingerprint density at radius 1 is 1.12 bits per heavy atom. The van der Waals surface area contributed by atoms with Gasteiger partial charge in [-0.25, -0.2) is 4.79 Å². The lowest BCUT2D eigenvalue weighted by molar-refractivity contribution is 0.0153. The van der Waals surface area contributed by atoms with Crippen LogP contribution >= 0.6 is 0 Å². The lowest BCUT2D eigenvalue weighted by Gasteiger charge is -2.37. The van der Waals surface area contributed by atoms with Gasteiger partial charge in [-0.15, -0.1) is 0 Å². The van der Waals surface area contributed by atoms with Crippen molar-refractivity contribution in [2.24, 2.45) is 0 Å². The molecule has 1 aromatic rings. The van der Waals surface area contributed by atoms with Gasteiger partial charge in [-0.1, -0.05) is 30.3 Å². The second kappa shape index (κ2) is 8.68. The highest BCUT2D eigenvalue weighted by atomic mass is 16.5. The number of piperidine rings is 1. The lowest BCUT2D eigenvalue weighted by Crippen LogP contribution is -2.51. The van der Waals surface area contributed by atoms with Crippen molar-refractivity contribution < 1.29 is 9.53 Å². The number of urea groups is 1. The lowest BCUT2D eigenvalue weighted by atomic mass is 10.0. The van der Waals surface area contributed by atoms with Crippen molar-refractivity contribution in [3.05, 3.63) is 35.9 Å². The summed E-state index contributed by atoms with van der Waals surface area (Å²) in [7, 11) is 0. The third-order valence-electron chi connectivity index (χ3n) is 5.51. The summed E-state index contributed by atoms with van der Waals surface area (Å²) in [6.07, 6.45) is 4.07. The largest absolute Gasteiger partial charge is 0.378 e. The Hall–Kier alpha value is -1.59. The molecule has 2 saturated heterocycles. The Morgan fingerprint density at radius 2 is 1.80 bits per heavy atom. The van der Waals surface area contributed by atoms with E-state index in [0.717, 1.165) is 45.4 Å². The quantitative estimate of drug-likeness (QED) is 0.882. The topological polar surface area (TPSA) is 53.6 Å². The molecule has 1 aromatic carbocycles. The van der Waals surface area contributed by atoms with Crippen LogP contribution in [0.4, 0.5) is 4.79 Å². The zero-order valence-electron chi connectivity index (χ0n) is 15.4. The summed E-state index contributed by atoms with van der Waals surface area (Å²) in [4.78, 5) is 14.8. The highest BCUT2D eigenvalue weighted by molar-refractivity contribution is 5.74. The summed E-state index contributed by atoms with van der Waals surface area (Å²) < 4.78 is 5.53. The van der Waals surface area contributed by atoms with E-state index in [9.17, 15) is 4.79 Å². The molecule has 138 valence electrons. The van der Waals surface area contributed by atoms with Gasteiger partial charge in [0.25, 0.3) is 0 Å². The number of carbonyl (C=O) groups is 1. The van der Waals surface area contributed by atoms with Gasteiger partial charge in [0.2, 0.25) is 0 Å². The van der Waals surface area contributed by atoms with E-state index in [1.807, 2.05) is 0 Å². The van der Waals surface area contributed by atoms with Gasteiger partial charge in [0.1, 0.15) is 0 Å². The van der Waals surface area contributed by atoms with Crippen LogP contribution in [0.2, 0.25) is 0 Å². The van der Waals surface area contributed by atoms with E-state index < -0.39 is 0 Å². The number of hydrogen-bond donors (Lipinski definition) is 2. The monoisotopic (exact) mass is 345 g/mol. The molecule has 3 atom stereocenters. The van der Waals surface area contributed by atoms with Gasteiger partial charge >= 0.3 is 6.03 Å². The maximum Gasteiger partial charge on any atom is 0.315 e. The van der Waals surface area contributed by atoms with Crippen LogP contribution in [0.5, 0.6) is 0 Å². The number of nitrogens with zero attached hydrogens (tertiary/aromatic N) is 1. The Kier molecular flexibility index (Phi) is 6.32. The molecule has 0 aliphatic carbocycles. The van der Waals surface area contributed by atoms with Gasteiger partial charge in [-0.05, 0) is 45.1 Å². The molecule has 2 aliphatic heterocycles. The average Bonchev–Trinajstić information content (AvgIpc) is 2.62. The molecule has 0 bridgehead atoms. The molecule has 2 amide bonds. The van der Waals surface area contributed by atoms with E-state index in [4.69, 9.17) is 4.74 Å². The van der Waals surface area contributed by atoms with Crippen LogP contribution in [-0.2, 0) is 4.74 Å². The molecule has 2 heterocycles. The molecule has 2 fully saturated rings. The number of rotatable bonds is 4. The second-order valence-electron chi connectivity index (χ2n) is 7.42. The molecule has 5 nitrogen and oxygen atoms in total. The molecular formula is C20H31N3O2. The Bertz CT molecular complexity index is 543. The molecule has 3 rings (SSSR count). The van der Waals surface area contributed by atoms with Gasteiger partial charge in [-0.3, -0.25) is 4.90 Å². The Morgan fingerprint density at radius 3 is 2.48 bits per heavy atom. The van der Waals surface area contributed by atoms with E-state index in [0.29, 0.717) is 6.04 Å². The standard InChI is InChI=1S/C20H31N3O2/c1-15-14-19(10-13-25-15)22-20(24)21-18-8-11-23(12-9-18)16(2)17-6-4-3-5-7-17/h3-7,15-16,18-19H,8-14H2,1-2H3,(H2,21,22,24)/t15-,16+,19+/m1/s1. The molecule has 0 radical (unpaired) electrons. The van der Waals surface area contributed by atoms with Gasteiger partial charge < -0.3 is 15.4 Å². The molecule has 25 heavy (non-hydrogen) atoms. The Balaban J connectivity index is 1.41. The molecule has 0 spiro atoms. The highest BCUT2D eigenvalue weighted by Crippen LogP contribution is 2.24. The Labute approximate surface area is 151 Å². The van der Waals surface area contributed by atoms with Crippen molar-refractivity contribution in [2.45, 2.75) is 63.8 Å². The van der Waals surface area contributed by atoms with Crippen LogP contribution in [0, 0.1) is 0 Å². The van der Waals surface area contributed by atoms with Crippen LogP contribution in [0.1, 0.15) is 51.1 Å². The fraction of sp³-hybridized carbons (Fsp3) is 0.650. The zero-order chi connectivity index (χ0) is 17.6. The summed E-state index contributed by atoms with van der Waals surface area (Å²) in [5.41, 5.74) is 1.36. The smallest absolute Gasteiger partial charge is 0.315 e. The average molecular weight is 345 g/mol. The van der Waals surface area contributed by atoms with Crippen molar-refractivity contribution >= 4 is 6.03 Å². The van der Waals surface area contributed by atoms with Gasteiger partial charge in [0.05, 0.1) is 6.10 Å². The zero-order valence-corrected chi connectivity index (χ0v) is 15.4. The molecule has 0 saturated carbocycles. The van der Waals surface area contributed by atoms with E-state index in [-0.39, 0.29) is 24.2 Å². The minimum atomic E-state index is -0.0198. The number of hydrogen-bond acceptors (Lipinski definition) is 3. The first-order valence-corrected chi connectivity index (χ1v) is 9.59. The molecule has 2 aliphatic rings. The van der Waals surface area contributed by atoms with Gasteiger partial charge in [-0.2, -0.15) is 0 Å². The number of carbonyl (C=O) groups excluding carboxylic acids is 1. The summed E-state index contributed by atoms with van der Waals surface area (Å²) in [6.45, 7) is 7.12. The van der Waals surface area contributed by atoms with Crippen LogP contribution < -0.4 is 10.6 Å². The third-order valence-corrected chi connectivity index (χ3v) is 5.51. The van der Waals surface area contributed by atoms with E-state index in [1.54, 1.807) is 0 Å². The van der Waals surface area contributed by atoms with E-state index in [1.165, 1.54) is 5.56 Å². The maximum atomic E-state index is 12.2. The summed E-state index contributed by atoms with van der Waals surface area (Å²) in [5.74, 6) is 0. The number of likely N-dealkylation sites (tertiary alicyclic amines) is 1. The molecule has 2 N–H and O–H groups in total. The van der Waals surface area contributed by atoms with E-state index in [2.05, 4.69) is 59.7 Å². The number of ether oxygens (including phenoxy) is 1. The normalized spacial score (nSPS) is 26.8. The van der Waals surface area contributed by atoms with Crippen molar-refractivity contribution in [2.75, 3.05) is 19.7 Å². The number of nitrogens with one attached hydrogen (secondary N) is 2. The van der Waals surface area contributed by atoms with Crippen LogP contribution in [0.25, 0.3) is 0 Å². The van der Waals surface area contributed by atoms with Crippen molar-refractivity contribution in [1.29, 1.82) is 0 Å². The summed E-state index contributed by atoms with van der Waals surface area (Å²) >= 11 is 0.